The summed E-state index contributed by atoms with van der Waals surface area (Å²) >= 11 is 0. The van der Waals surface area contributed by atoms with E-state index in [1.807, 2.05) is 11.8 Å². The van der Waals surface area contributed by atoms with Gasteiger partial charge in [-0.15, -0.1) is 0 Å². The molecular formula is C12H24N2O3. The molecule has 1 heterocycles. The molecule has 5 nitrogen and oxygen atoms in total. The first-order valence-corrected chi connectivity index (χ1v) is 6.25. The summed E-state index contributed by atoms with van der Waals surface area (Å²) in [6.07, 6.45) is 2.00. The van der Waals surface area contributed by atoms with Crippen LogP contribution in [-0.4, -0.2) is 56.9 Å². The highest BCUT2D eigenvalue weighted by Crippen LogP contribution is 2.19. The molecule has 1 unspecified atom stereocenters. The van der Waals surface area contributed by atoms with Crippen molar-refractivity contribution in [3.8, 4) is 0 Å². The van der Waals surface area contributed by atoms with Crippen molar-refractivity contribution in [2.75, 3.05) is 40.0 Å². The molecule has 0 radical (unpaired) electrons. The Labute approximate surface area is 103 Å². The molecule has 0 aromatic heterocycles. The van der Waals surface area contributed by atoms with E-state index in [1.165, 1.54) is 0 Å². The van der Waals surface area contributed by atoms with E-state index >= 15 is 0 Å². The van der Waals surface area contributed by atoms with E-state index in [4.69, 9.17) is 15.2 Å². The molecule has 0 aliphatic carbocycles. The molecule has 1 atom stereocenters. The third-order valence-electron chi connectivity index (χ3n) is 3.29. The van der Waals surface area contributed by atoms with Crippen LogP contribution in [0.25, 0.3) is 0 Å². The fourth-order valence-electron chi connectivity index (χ4n) is 2.07. The minimum atomic E-state index is 0.0734. The molecule has 100 valence electrons. The van der Waals surface area contributed by atoms with Crippen molar-refractivity contribution in [3.63, 3.8) is 0 Å². The average Bonchev–Trinajstić information content (AvgIpc) is 2.34. The summed E-state index contributed by atoms with van der Waals surface area (Å²) in [5.41, 5.74) is 5.86. The first kappa shape index (κ1) is 14.4. The summed E-state index contributed by atoms with van der Waals surface area (Å²) < 4.78 is 10.1. The molecule has 5 heteroatoms. The van der Waals surface area contributed by atoms with Crippen LogP contribution in [0.15, 0.2) is 0 Å². The van der Waals surface area contributed by atoms with Gasteiger partial charge < -0.3 is 20.1 Å². The molecule has 1 aliphatic heterocycles. The lowest BCUT2D eigenvalue weighted by Gasteiger charge is -2.33. The standard InChI is InChI=1S/C12H24N2O3/c1-10(13)11-3-5-14(6-4-11)12(15)9-17-8-7-16-2/h10-11H,3-9,13H2,1-2H3. The van der Waals surface area contributed by atoms with Gasteiger partial charge in [-0.1, -0.05) is 0 Å². The Morgan fingerprint density at radius 3 is 2.59 bits per heavy atom. The molecule has 0 aromatic rings. The van der Waals surface area contributed by atoms with Crippen LogP contribution in [0.2, 0.25) is 0 Å². The van der Waals surface area contributed by atoms with Crippen molar-refractivity contribution in [2.45, 2.75) is 25.8 Å². The number of ether oxygens (including phenoxy) is 2. The van der Waals surface area contributed by atoms with Gasteiger partial charge in [0.15, 0.2) is 0 Å². The highest BCUT2D eigenvalue weighted by molar-refractivity contribution is 5.77. The Kier molecular flexibility index (Phi) is 6.47. The van der Waals surface area contributed by atoms with Crippen molar-refractivity contribution in [3.05, 3.63) is 0 Å². The Balaban J connectivity index is 2.17. The number of carbonyl (C=O) groups is 1. The molecule has 1 saturated heterocycles. The van der Waals surface area contributed by atoms with Crippen LogP contribution in [0.1, 0.15) is 19.8 Å². The Morgan fingerprint density at radius 2 is 2.06 bits per heavy atom. The minimum Gasteiger partial charge on any atom is -0.382 e. The van der Waals surface area contributed by atoms with Crippen molar-refractivity contribution in [2.24, 2.45) is 11.7 Å². The highest BCUT2D eigenvalue weighted by atomic mass is 16.5. The molecule has 1 fully saturated rings. The number of nitrogens with two attached hydrogens (primary N) is 1. The topological polar surface area (TPSA) is 64.8 Å². The number of methoxy groups -OCH3 is 1. The normalized spacial score (nSPS) is 19.4. The minimum absolute atomic E-state index is 0.0734. The average molecular weight is 244 g/mol. The molecule has 0 aromatic carbocycles. The summed E-state index contributed by atoms with van der Waals surface area (Å²) in [4.78, 5) is 13.6. The van der Waals surface area contributed by atoms with Gasteiger partial charge in [-0.2, -0.15) is 0 Å². The molecule has 0 spiro atoms. The van der Waals surface area contributed by atoms with Gasteiger partial charge in [-0.05, 0) is 25.7 Å². The van der Waals surface area contributed by atoms with Gasteiger partial charge in [-0.3, -0.25) is 4.79 Å². The van der Waals surface area contributed by atoms with Crippen LogP contribution in [0.3, 0.4) is 0 Å². The van der Waals surface area contributed by atoms with Gasteiger partial charge in [0, 0.05) is 26.2 Å². The number of hydrogen-bond acceptors (Lipinski definition) is 4. The Hall–Kier alpha value is -0.650. The van der Waals surface area contributed by atoms with Crippen LogP contribution >= 0.6 is 0 Å². The maximum atomic E-state index is 11.8. The van der Waals surface area contributed by atoms with Crippen LogP contribution < -0.4 is 5.73 Å². The number of rotatable bonds is 6. The van der Waals surface area contributed by atoms with E-state index in [-0.39, 0.29) is 18.6 Å². The van der Waals surface area contributed by atoms with Gasteiger partial charge in [0.1, 0.15) is 6.61 Å². The molecule has 1 amide bonds. The van der Waals surface area contributed by atoms with E-state index in [1.54, 1.807) is 7.11 Å². The SMILES string of the molecule is COCCOCC(=O)N1CCC(C(C)N)CC1. The van der Waals surface area contributed by atoms with Crippen molar-refractivity contribution < 1.29 is 14.3 Å². The molecule has 2 N–H and O–H groups in total. The lowest BCUT2D eigenvalue weighted by molar-refractivity contribution is -0.138. The van der Waals surface area contributed by atoms with E-state index in [0.717, 1.165) is 25.9 Å². The Bertz CT molecular complexity index is 226. The third kappa shape index (κ3) is 5.02. The van der Waals surface area contributed by atoms with E-state index in [9.17, 15) is 4.79 Å². The fraction of sp³-hybridized carbons (Fsp3) is 0.917. The summed E-state index contributed by atoms with van der Waals surface area (Å²) in [5, 5.41) is 0. The predicted octanol–water partition coefficient (Wildman–Crippen LogP) is 0.235. The summed E-state index contributed by atoms with van der Waals surface area (Å²) in [6, 6.07) is 0.227. The van der Waals surface area contributed by atoms with Crippen molar-refractivity contribution >= 4 is 5.91 Å². The quantitative estimate of drug-likeness (QED) is 0.680. The molecular weight excluding hydrogens is 220 g/mol. The smallest absolute Gasteiger partial charge is 0.248 e. The van der Waals surface area contributed by atoms with Crippen LogP contribution in [0, 0.1) is 5.92 Å². The highest BCUT2D eigenvalue weighted by Gasteiger charge is 2.24. The Morgan fingerprint density at radius 1 is 1.41 bits per heavy atom. The zero-order valence-electron chi connectivity index (χ0n) is 10.9. The number of hydrogen-bond donors (Lipinski definition) is 1. The van der Waals surface area contributed by atoms with Crippen LogP contribution in [0.4, 0.5) is 0 Å². The van der Waals surface area contributed by atoms with E-state index < -0.39 is 0 Å². The van der Waals surface area contributed by atoms with Crippen LogP contribution in [0.5, 0.6) is 0 Å². The van der Waals surface area contributed by atoms with Gasteiger partial charge >= 0.3 is 0 Å². The predicted molar refractivity (Wildman–Crippen MR) is 65.6 cm³/mol. The number of carbonyl (C=O) groups excluding carboxylic acids is 1. The largest absolute Gasteiger partial charge is 0.382 e. The van der Waals surface area contributed by atoms with E-state index in [2.05, 4.69) is 0 Å². The first-order valence-electron chi connectivity index (χ1n) is 6.25. The molecule has 1 rings (SSSR count). The lowest BCUT2D eigenvalue weighted by Crippen LogP contribution is -2.43. The number of likely N-dealkylation sites (tertiary alicyclic amines) is 1. The number of nitrogens with zero attached hydrogens (tertiary/aromatic N) is 1. The van der Waals surface area contributed by atoms with Gasteiger partial charge in [0.05, 0.1) is 13.2 Å². The van der Waals surface area contributed by atoms with Crippen LogP contribution in [-0.2, 0) is 14.3 Å². The molecule has 0 bridgehead atoms. The summed E-state index contributed by atoms with van der Waals surface area (Å²) in [6.45, 7) is 4.80. The monoisotopic (exact) mass is 244 g/mol. The van der Waals surface area contributed by atoms with E-state index in [0.29, 0.717) is 19.1 Å². The zero-order chi connectivity index (χ0) is 12.7. The molecule has 0 saturated carbocycles. The third-order valence-corrected chi connectivity index (χ3v) is 3.29. The van der Waals surface area contributed by atoms with Gasteiger partial charge in [-0.25, -0.2) is 0 Å². The van der Waals surface area contributed by atoms with Crippen molar-refractivity contribution in [1.29, 1.82) is 0 Å². The maximum absolute atomic E-state index is 11.8. The maximum Gasteiger partial charge on any atom is 0.248 e. The fourth-order valence-corrected chi connectivity index (χ4v) is 2.07. The van der Waals surface area contributed by atoms with Gasteiger partial charge in [0.25, 0.3) is 0 Å². The van der Waals surface area contributed by atoms with Crippen molar-refractivity contribution in [1.82, 2.24) is 4.90 Å². The molecule has 1 aliphatic rings. The number of amides is 1. The summed E-state index contributed by atoms with van der Waals surface area (Å²) in [7, 11) is 1.62. The molecule has 17 heavy (non-hydrogen) atoms. The first-order chi connectivity index (χ1) is 8.15. The second kappa shape index (κ2) is 7.63. The van der Waals surface area contributed by atoms with Gasteiger partial charge in [0.2, 0.25) is 5.91 Å². The second-order valence-corrected chi connectivity index (χ2v) is 4.62. The summed E-state index contributed by atoms with van der Waals surface area (Å²) in [5.74, 6) is 0.623. The number of piperidine rings is 1. The zero-order valence-corrected chi connectivity index (χ0v) is 10.9. The second-order valence-electron chi connectivity index (χ2n) is 4.62. The lowest BCUT2D eigenvalue weighted by atomic mass is 9.91.